The molecule has 0 radical (unpaired) electrons. The summed E-state index contributed by atoms with van der Waals surface area (Å²) in [5.74, 6) is 0.912. The molecule has 2 N–H and O–H groups in total. The van der Waals surface area contributed by atoms with E-state index >= 15 is 0 Å². The van der Waals surface area contributed by atoms with E-state index in [4.69, 9.17) is 32.7 Å². The van der Waals surface area contributed by atoms with Gasteiger partial charge >= 0.3 is 0 Å². The average molecular weight is 380 g/mol. The lowest BCUT2D eigenvalue weighted by Gasteiger charge is -2.45. The van der Waals surface area contributed by atoms with Gasteiger partial charge in [0.1, 0.15) is 17.8 Å². The van der Waals surface area contributed by atoms with Gasteiger partial charge < -0.3 is 20.1 Å². The number of benzene rings is 1. The van der Waals surface area contributed by atoms with Crippen molar-refractivity contribution in [1.29, 1.82) is 0 Å². The molecule has 1 aromatic heterocycles. The van der Waals surface area contributed by atoms with Crippen LogP contribution >= 0.6 is 23.2 Å². The molecule has 25 heavy (non-hydrogen) atoms. The number of piperidine rings is 1. The molecule has 2 aliphatic rings. The quantitative estimate of drug-likeness (QED) is 0.832. The molecule has 132 valence electrons. The molecule has 0 unspecified atom stereocenters. The highest BCUT2D eigenvalue weighted by Gasteiger charge is 2.41. The smallest absolute Gasteiger partial charge is 0.129 e. The highest BCUT2D eigenvalue weighted by atomic mass is 35.5. The molecule has 0 atom stereocenters. The van der Waals surface area contributed by atoms with Gasteiger partial charge in [-0.3, -0.25) is 0 Å². The summed E-state index contributed by atoms with van der Waals surface area (Å²) in [5.41, 5.74) is 2.32. The molecule has 1 fully saturated rings. The monoisotopic (exact) mass is 379 g/mol. The van der Waals surface area contributed by atoms with Crippen LogP contribution in [-0.2, 0) is 6.54 Å². The summed E-state index contributed by atoms with van der Waals surface area (Å²) in [6, 6.07) is 5.50. The Morgan fingerprint density at radius 1 is 1.28 bits per heavy atom. The first-order chi connectivity index (χ1) is 12.1. The predicted molar refractivity (Wildman–Crippen MR) is 100.0 cm³/mol. The van der Waals surface area contributed by atoms with Crippen LogP contribution in [0.4, 0.5) is 11.4 Å². The molecule has 4 rings (SSSR count). The minimum Gasteiger partial charge on any atom is -0.371 e. The number of aromatic nitrogens is 1. The van der Waals surface area contributed by atoms with E-state index in [1.165, 1.54) is 0 Å². The maximum atomic E-state index is 6.20. The molecule has 6 nitrogen and oxygen atoms in total. The van der Waals surface area contributed by atoms with Gasteiger partial charge in [-0.1, -0.05) is 28.4 Å². The summed E-state index contributed by atoms with van der Waals surface area (Å²) in [7, 11) is 2.14. The van der Waals surface area contributed by atoms with Crippen molar-refractivity contribution in [3.63, 3.8) is 0 Å². The van der Waals surface area contributed by atoms with E-state index in [0.717, 1.165) is 48.8 Å². The molecule has 0 saturated carbocycles. The Balaban J connectivity index is 1.68. The van der Waals surface area contributed by atoms with Crippen molar-refractivity contribution in [2.75, 3.05) is 25.5 Å². The number of hydrogen-bond donors (Lipinski definition) is 2. The predicted octanol–water partition coefficient (Wildman–Crippen LogP) is 3.69. The minimum absolute atomic E-state index is 0.236. The molecule has 1 aromatic carbocycles. The van der Waals surface area contributed by atoms with Crippen molar-refractivity contribution in [3.05, 3.63) is 40.2 Å². The fourth-order valence-electron chi connectivity index (χ4n) is 3.35. The summed E-state index contributed by atoms with van der Waals surface area (Å²) < 4.78 is 4.91. The van der Waals surface area contributed by atoms with E-state index in [1.54, 1.807) is 12.3 Å². The van der Waals surface area contributed by atoms with Gasteiger partial charge in [0, 0.05) is 19.2 Å². The molecule has 0 amide bonds. The fourth-order valence-corrected chi connectivity index (χ4v) is 3.67. The van der Waals surface area contributed by atoms with Crippen LogP contribution in [-0.4, -0.2) is 41.6 Å². The van der Waals surface area contributed by atoms with E-state index in [-0.39, 0.29) is 5.54 Å². The van der Waals surface area contributed by atoms with Crippen LogP contribution in [0.2, 0.25) is 10.0 Å². The van der Waals surface area contributed by atoms with E-state index < -0.39 is 0 Å². The van der Waals surface area contributed by atoms with Crippen LogP contribution in [0.25, 0.3) is 0 Å². The van der Waals surface area contributed by atoms with Crippen molar-refractivity contribution < 1.29 is 4.52 Å². The van der Waals surface area contributed by atoms with Crippen LogP contribution in [0.5, 0.6) is 0 Å². The number of nitrogens with zero attached hydrogens (tertiary/aromatic N) is 3. The second kappa shape index (κ2) is 6.52. The van der Waals surface area contributed by atoms with E-state index in [1.807, 2.05) is 12.1 Å². The average Bonchev–Trinajstić information content (AvgIpc) is 3.11. The Morgan fingerprint density at radius 3 is 2.76 bits per heavy atom. The molecule has 3 heterocycles. The standard InChI is InChI=1S/C17H19Cl2N5O/c1-24-5-3-17(4-6-24)16(20-10-11-2-7-25-23-11)21-14-8-12(18)13(19)9-15(14)22-17/h2,7-9,22H,3-6,10H2,1H3,(H,20,21). The molecule has 2 aliphatic heterocycles. The number of hydrogen-bond acceptors (Lipinski definition) is 6. The van der Waals surface area contributed by atoms with Crippen molar-refractivity contribution in [2.45, 2.75) is 24.9 Å². The number of anilines is 1. The molecule has 0 aliphatic carbocycles. The number of aliphatic imine (C=N–C) groups is 1. The van der Waals surface area contributed by atoms with Crippen LogP contribution in [0.1, 0.15) is 18.5 Å². The van der Waals surface area contributed by atoms with Crippen LogP contribution in [0.3, 0.4) is 0 Å². The van der Waals surface area contributed by atoms with Gasteiger partial charge in [-0.2, -0.15) is 0 Å². The Kier molecular flexibility index (Phi) is 4.35. The van der Waals surface area contributed by atoms with Crippen LogP contribution in [0.15, 0.2) is 34.0 Å². The zero-order chi connectivity index (χ0) is 17.4. The lowest BCUT2D eigenvalue weighted by Crippen LogP contribution is -2.58. The van der Waals surface area contributed by atoms with Crippen molar-refractivity contribution in [3.8, 4) is 0 Å². The molecular formula is C17H19Cl2N5O. The van der Waals surface area contributed by atoms with E-state index in [9.17, 15) is 0 Å². The van der Waals surface area contributed by atoms with Gasteiger partial charge in [0.2, 0.25) is 0 Å². The van der Waals surface area contributed by atoms with E-state index in [2.05, 4.69) is 27.7 Å². The van der Waals surface area contributed by atoms with Gasteiger partial charge in [-0.05, 0) is 32.0 Å². The minimum atomic E-state index is -0.236. The zero-order valence-corrected chi connectivity index (χ0v) is 15.4. The fraction of sp³-hybridized carbons (Fsp3) is 0.412. The molecule has 8 heteroatoms. The highest BCUT2D eigenvalue weighted by Crippen LogP contribution is 2.41. The van der Waals surface area contributed by atoms with Crippen LogP contribution < -0.4 is 10.6 Å². The van der Waals surface area contributed by atoms with Gasteiger partial charge in [0.15, 0.2) is 0 Å². The summed E-state index contributed by atoms with van der Waals surface area (Å²) in [4.78, 5) is 7.20. The third-order valence-corrected chi connectivity index (χ3v) is 5.59. The van der Waals surface area contributed by atoms with E-state index in [0.29, 0.717) is 16.6 Å². The number of nitrogens with one attached hydrogen (secondary N) is 2. The van der Waals surface area contributed by atoms with Gasteiger partial charge in [0.05, 0.1) is 33.5 Å². The summed E-state index contributed by atoms with van der Waals surface area (Å²) >= 11 is 12.4. The number of halogens is 2. The largest absolute Gasteiger partial charge is 0.371 e. The first kappa shape index (κ1) is 16.7. The van der Waals surface area contributed by atoms with Crippen molar-refractivity contribution >= 4 is 40.4 Å². The molecule has 1 saturated heterocycles. The third kappa shape index (κ3) is 3.21. The highest BCUT2D eigenvalue weighted by molar-refractivity contribution is 6.42. The second-order valence-corrected chi connectivity index (χ2v) is 7.41. The van der Waals surface area contributed by atoms with Crippen molar-refractivity contribution in [2.24, 2.45) is 4.99 Å². The molecule has 0 bridgehead atoms. The number of amidine groups is 1. The van der Waals surface area contributed by atoms with Crippen LogP contribution in [0, 0.1) is 0 Å². The first-order valence-corrected chi connectivity index (χ1v) is 8.99. The summed E-state index contributed by atoms with van der Waals surface area (Å²) in [5, 5.41) is 12.1. The maximum Gasteiger partial charge on any atom is 0.129 e. The van der Waals surface area contributed by atoms with Gasteiger partial charge in [0.25, 0.3) is 0 Å². The second-order valence-electron chi connectivity index (χ2n) is 6.60. The third-order valence-electron chi connectivity index (χ3n) is 4.87. The Hall–Kier alpha value is -1.76. The Morgan fingerprint density at radius 2 is 2.04 bits per heavy atom. The lowest BCUT2D eigenvalue weighted by molar-refractivity contribution is 0.238. The zero-order valence-electron chi connectivity index (χ0n) is 13.9. The van der Waals surface area contributed by atoms with Gasteiger partial charge in [-0.25, -0.2) is 4.99 Å². The molecular weight excluding hydrogens is 361 g/mol. The Labute approximate surface area is 156 Å². The SMILES string of the molecule is CN1CCC2(CC1)Nc1cc(Cl)c(Cl)cc1N=C2NCc1ccon1. The first-order valence-electron chi connectivity index (χ1n) is 8.24. The molecule has 1 spiro atoms. The summed E-state index contributed by atoms with van der Waals surface area (Å²) in [6.07, 6.45) is 3.47. The number of likely N-dealkylation sites (tertiary alicyclic amines) is 1. The lowest BCUT2D eigenvalue weighted by atomic mass is 9.84. The number of fused-ring (bicyclic) bond motifs is 1. The topological polar surface area (TPSA) is 65.7 Å². The molecule has 2 aromatic rings. The maximum absolute atomic E-state index is 6.20. The van der Waals surface area contributed by atoms with Gasteiger partial charge in [-0.15, -0.1) is 0 Å². The number of rotatable bonds is 2. The normalized spacial score (nSPS) is 19.2. The summed E-state index contributed by atoms with van der Waals surface area (Å²) in [6.45, 7) is 2.55. The van der Waals surface area contributed by atoms with Crippen molar-refractivity contribution in [1.82, 2.24) is 15.4 Å². The Bertz CT molecular complexity index is 798.